The molecule has 2 rings (SSSR count). The molecule has 5 heteroatoms. The Hall–Kier alpha value is -0.910. The Balaban J connectivity index is 2.14. The molecule has 0 spiro atoms. The lowest BCUT2D eigenvalue weighted by molar-refractivity contribution is -0.120. The molecule has 19 heavy (non-hydrogen) atoms. The number of benzene rings is 1. The summed E-state index contributed by atoms with van der Waals surface area (Å²) in [4.78, 5) is 12.3. The van der Waals surface area contributed by atoms with Crippen LogP contribution in [0.4, 0.5) is 5.69 Å². The molecule has 1 amide bonds. The molecule has 1 fully saturated rings. The highest BCUT2D eigenvalue weighted by Crippen LogP contribution is 2.27. The molecule has 1 heterocycles. The molecule has 0 bridgehead atoms. The van der Waals surface area contributed by atoms with Crippen molar-refractivity contribution in [3.63, 3.8) is 0 Å². The van der Waals surface area contributed by atoms with Gasteiger partial charge in [-0.1, -0.05) is 28.9 Å². The van der Waals surface area contributed by atoms with Crippen molar-refractivity contribution < 1.29 is 9.53 Å². The Morgan fingerprint density at radius 2 is 2.32 bits per heavy atom. The summed E-state index contributed by atoms with van der Waals surface area (Å²) in [6, 6.07) is 5.77. The fraction of sp³-hybridized carbons (Fsp3) is 0.500. The topological polar surface area (TPSA) is 50.4 Å². The van der Waals surface area contributed by atoms with Crippen LogP contribution in [0.15, 0.2) is 22.7 Å². The number of rotatable bonds is 4. The predicted octanol–water partition coefficient (Wildman–Crippen LogP) is 2.39. The van der Waals surface area contributed by atoms with Crippen molar-refractivity contribution in [3.05, 3.63) is 28.2 Å². The second-order valence-corrected chi connectivity index (χ2v) is 5.78. The molecule has 104 valence electrons. The van der Waals surface area contributed by atoms with E-state index < -0.39 is 0 Å². The van der Waals surface area contributed by atoms with Crippen LogP contribution < -0.4 is 10.6 Å². The van der Waals surface area contributed by atoms with Crippen LogP contribution in [0, 0.1) is 11.8 Å². The van der Waals surface area contributed by atoms with E-state index in [4.69, 9.17) is 4.74 Å². The number of ether oxygens (including phenoxy) is 1. The van der Waals surface area contributed by atoms with E-state index in [0.29, 0.717) is 12.5 Å². The smallest absolute Gasteiger partial charge is 0.229 e. The summed E-state index contributed by atoms with van der Waals surface area (Å²) in [5.41, 5.74) is 1.79. The lowest BCUT2D eigenvalue weighted by atomic mass is 9.97. The van der Waals surface area contributed by atoms with Crippen molar-refractivity contribution in [1.29, 1.82) is 0 Å². The van der Waals surface area contributed by atoms with Gasteiger partial charge in [-0.2, -0.15) is 0 Å². The average molecular weight is 327 g/mol. The van der Waals surface area contributed by atoms with E-state index in [1.54, 1.807) is 7.11 Å². The van der Waals surface area contributed by atoms with Gasteiger partial charge in [0.25, 0.3) is 0 Å². The Labute approximate surface area is 122 Å². The second kappa shape index (κ2) is 6.50. The van der Waals surface area contributed by atoms with Gasteiger partial charge in [0.15, 0.2) is 0 Å². The summed E-state index contributed by atoms with van der Waals surface area (Å²) >= 11 is 3.49. The monoisotopic (exact) mass is 326 g/mol. The van der Waals surface area contributed by atoms with Gasteiger partial charge in [-0.05, 0) is 24.6 Å². The van der Waals surface area contributed by atoms with E-state index in [1.165, 1.54) is 0 Å². The maximum absolute atomic E-state index is 12.3. The van der Waals surface area contributed by atoms with Crippen LogP contribution in [-0.4, -0.2) is 26.1 Å². The number of methoxy groups -OCH3 is 1. The fourth-order valence-corrected chi connectivity index (χ4v) is 2.83. The first-order valence-electron chi connectivity index (χ1n) is 6.41. The number of amides is 1. The van der Waals surface area contributed by atoms with Gasteiger partial charge < -0.3 is 15.4 Å². The van der Waals surface area contributed by atoms with Gasteiger partial charge in [-0.15, -0.1) is 0 Å². The zero-order valence-corrected chi connectivity index (χ0v) is 12.8. The Kier molecular flexibility index (Phi) is 4.96. The minimum Gasteiger partial charge on any atom is -0.380 e. The summed E-state index contributed by atoms with van der Waals surface area (Å²) in [5.74, 6) is 0.486. The van der Waals surface area contributed by atoms with E-state index in [0.717, 1.165) is 28.8 Å². The first-order chi connectivity index (χ1) is 9.13. The first-order valence-corrected chi connectivity index (χ1v) is 7.20. The Morgan fingerprint density at radius 1 is 1.53 bits per heavy atom. The lowest BCUT2D eigenvalue weighted by Gasteiger charge is -2.17. The molecule has 4 nitrogen and oxygen atoms in total. The minimum atomic E-state index is 0.0365. The van der Waals surface area contributed by atoms with Crippen molar-refractivity contribution in [2.45, 2.75) is 13.5 Å². The van der Waals surface area contributed by atoms with Crippen LogP contribution in [0.25, 0.3) is 0 Å². The molecule has 2 N–H and O–H groups in total. The van der Waals surface area contributed by atoms with Crippen molar-refractivity contribution in [1.82, 2.24) is 5.32 Å². The quantitative estimate of drug-likeness (QED) is 0.893. The molecule has 0 saturated carbocycles. The molecule has 0 radical (unpaired) electrons. The Bertz CT molecular complexity index is 465. The summed E-state index contributed by atoms with van der Waals surface area (Å²) in [6.07, 6.45) is 0. The molecule has 2 unspecified atom stereocenters. The number of anilines is 1. The molecular formula is C14H19BrN2O2. The average Bonchev–Trinajstić information content (AvgIpc) is 2.80. The molecule has 0 aliphatic carbocycles. The van der Waals surface area contributed by atoms with Gasteiger partial charge >= 0.3 is 0 Å². The SMILES string of the molecule is COCc1c(Br)cccc1NC(=O)C1CNCC1C. The normalized spacial score (nSPS) is 22.5. The predicted molar refractivity (Wildman–Crippen MR) is 79.0 cm³/mol. The third-order valence-electron chi connectivity index (χ3n) is 3.52. The molecule has 1 aliphatic rings. The molecule has 1 aliphatic heterocycles. The highest BCUT2D eigenvalue weighted by molar-refractivity contribution is 9.10. The third kappa shape index (κ3) is 3.35. The standard InChI is InChI=1S/C14H19BrN2O2/c1-9-6-16-7-10(9)14(18)17-13-5-3-4-12(15)11(13)8-19-2/h3-5,9-10,16H,6-8H2,1-2H3,(H,17,18). The van der Waals surface area contributed by atoms with E-state index in [9.17, 15) is 4.79 Å². The number of carbonyl (C=O) groups is 1. The fourth-order valence-electron chi connectivity index (χ4n) is 2.35. The second-order valence-electron chi connectivity index (χ2n) is 4.93. The lowest BCUT2D eigenvalue weighted by Crippen LogP contribution is -2.28. The van der Waals surface area contributed by atoms with Crippen LogP contribution >= 0.6 is 15.9 Å². The van der Waals surface area contributed by atoms with E-state index in [1.807, 2.05) is 18.2 Å². The van der Waals surface area contributed by atoms with Crippen LogP contribution in [0.5, 0.6) is 0 Å². The van der Waals surface area contributed by atoms with Gasteiger partial charge in [0.1, 0.15) is 0 Å². The van der Waals surface area contributed by atoms with Gasteiger partial charge in [-0.25, -0.2) is 0 Å². The number of hydrogen-bond acceptors (Lipinski definition) is 3. The van der Waals surface area contributed by atoms with Crippen LogP contribution in [0.2, 0.25) is 0 Å². The number of hydrogen-bond donors (Lipinski definition) is 2. The van der Waals surface area contributed by atoms with Crippen LogP contribution in [-0.2, 0) is 16.1 Å². The summed E-state index contributed by atoms with van der Waals surface area (Å²) in [5, 5.41) is 6.26. The van der Waals surface area contributed by atoms with Gasteiger partial charge in [0.05, 0.1) is 12.5 Å². The molecule has 2 atom stereocenters. The molecule has 1 saturated heterocycles. The van der Waals surface area contributed by atoms with Crippen LogP contribution in [0.1, 0.15) is 12.5 Å². The molecular weight excluding hydrogens is 308 g/mol. The number of nitrogens with one attached hydrogen (secondary N) is 2. The summed E-state index contributed by atoms with van der Waals surface area (Å²) in [7, 11) is 1.65. The highest BCUT2D eigenvalue weighted by atomic mass is 79.9. The number of carbonyl (C=O) groups excluding carboxylic acids is 1. The molecule has 1 aromatic rings. The summed E-state index contributed by atoms with van der Waals surface area (Å²) < 4.78 is 6.13. The van der Waals surface area contributed by atoms with E-state index in [-0.39, 0.29) is 11.8 Å². The zero-order chi connectivity index (χ0) is 13.8. The Morgan fingerprint density at radius 3 is 2.95 bits per heavy atom. The third-order valence-corrected chi connectivity index (χ3v) is 4.26. The van der Waals surface area contributed by atoms with Gasteiger partial charge in [0.2, 0.25) is 5.91 Å². The molecule has 1 aromatic carbocycles. The zero-order valence-electron chi connectivity index (χ0n) is 11.2. The minimum absolute atomic E-state index is 0.0365. The number of halogens is 1. The van der Waals surface area contributed by atoms with Crippen molar-refractivity contribution in [2.24, 2.45) is 11.8 Å². The highest BCUT2D eigenvalue weighted by Gasteiger charge is 2.29. The van der Waals surface area contributed by atoms with Crippen LogP contribution in [0.3, 0.4) is 0 Å². The summed E-state index contributed by atoms with van der Waals surface area (Å²) in [6.45, 7) is 4.22. The largest absolute Gasteiger partial charge is 0.380 e. The van der Waals surface area contributed by atoms with Crippen molar-refractivity contribution in [3.8, 4) is 0 Å². The van der Waals surface area contributed by atoms with E-state index in [2.05, 4.69) is 33.5 Å². The van der Waals surface area contributed by atoms with E-state index >= 15 is 0 Å². The van der Waals surface area contributed by atoms with Crippen molar-refractivity contribution >= 4 is 27.5 Å². The molecule has 0 aromatic heterocycles. The van der Waals surface area contributed by atoms with Crippen molar-refractivity contribution in [2.75, 3.05) is 25.5 Å². The van der Waals surface area contributed by atoms with Gasteiger partial charge in [-0.3, -0.25) is 4.79 Å². The maximum Gasteiger partial charge on any atom is 0.229 e. The maximum atomic E-state index is 12.3. The van der Waals surface area contributed by atoms with Gasteiger partial charge in [0, 0.05) is 29.4 Å². The first kappa shape index (κ1) is 14.5.